The van der Waals surface area contributed by atoms with Gasteiger partial charge in [-0.15, -0.1) is 0 Å². The van der Waals surface area contributed by atoms with Crippen LogP contribution in [-0.2, 0) is 22.3 Å². The second kappa shape index (κ2) is 12.0. The van der Waals surface area contributed by atoms with Crippen LogP contribution >= 0.6 is 0 Å². The van der Waals surface area contributed by atoms with Crippen molar-refractivity contribution in [1.29, 1.82) is 0 Å². The second-order valence-corrected chi connectivity index (χ2v) is 9.30. The molecule has 1 aromatic rings. The first-order valence-corrected chi connectivity index (χ1v) is 11.4. The van der Waals surface area contributed by atoms with E-state index in [1.165, 1.54) is 12.8 Å². The van der Waals surface area contributed by atoms with Gasteiger partial charge in [-0.1, -0.05) is 51.0 Å². The lowest BCUT2D eigenvalue weighted by molar-refractivity contribution is 0.534. The van der Waals surface area contributed by atoms with Crippen LogP contribution in [0.3, 0.4) is 0 Å². The second-order valence-electron chi connectivity index (χ2n) is 7.54. The molecule has 0 saturated heterocycles. The summed E-state index contributed by atoms with van der Waals surface area (Å²) in [6, 6.07) is 7.48. The fraction of sp³-hybridized carbons (Fsp3) is 0.650. The summed E-state index contributed by atoms with van der Waals surface area (Å²) in [5, 5.41) is 6.59. The Morgan fingerprint density at radius 1 is 1.04 bits per heavy atom. The van der Waals surface area contributed by atoms with Crippen LogP contribution < -0.4 is 15.4 Å². The van der Waals surface area contributed by atoms with Crippen molar-refractivity contribution in [3.8, 4) is 0 Å². The van der Waals surface area contributed by atoms with E-state index in [1.54, 1.807) is 7.05 Å². The molecule has 154 valence electrons. The van der Waals surface area contributed by atoms with Gasteiger partial charge in [-0.25, -0.2) is 13.1 Å². The summed E-state index contributed by atoms with van der Waals surface area (Å²) in [6.45, 7) is 9.52. The topological polar surface area (TPSA) is 82.6 Å². The fourth-order valence-corrected chi connectivity index (χ4v) is 4.25. The van der Waals surface area contributed by atoms with E-state index in [4.69, 9.17) is 0 Å². The van der Waals surface area contributed by atoms with Gasteiger partial charge in [0.15, 0.2) is 5.96 Å². The van der Waals surface area contributed by atoms with Crippen molar-refractivity contribution in [2.45, 2.75) is 65.3 Å². The van der Waals surface area contributed by atoms with Crippen molar-refractivity contribution in [3.05, 3.63) is 35.4 Å². The number of hydrogen-bond donors (Lipinski definition) is 3. The smallest absolute Gasteiger partial charge is 0.216 e. The number of guanidine groups is 1. The highest BCUT2D eigenvalue weighted by atomic mass is 32.2. The third-order valence-electron chi connectivity index (χ3n) is 4.05. The minimum atomic E-state index is -3.35. The van der Waals surface area contributed by atoms with Crippen molar-refractivity contribution in [2.24, 2.45) is 10.9 Å². The largest absolute Gasteiger partial charge is 0.356 e. The first-order valence-electron chi connectivity index (χ1n) is 9.74. The average molecular weight is 397 g/mol. The molecule has 0 bridgehead atoms. The first-order chi connectivity index (χ1) is 12.7. The van der Waals surface area contributed by atoms with Crippen LogP contribution in [0.4, 0.5) is 0 Å². The zero-order chi connectivity index (χ0) is 20.3. The SMILES string of the molecule is CN=C(NCCCCC(C)C)NCc1ccccc1CS(=O)(=O)NC(C)C. The molecule has 0 spiro atoms. The molecule has 0 amide bonds. The van der Waals surface area contributed by atoms with Crippen LogP contribution in [0.1, 0.15) is 58.1 Å². The van der Waals surface area contributed by atoms with Crippen molar-refractivity contribution in [2.75, 3.05) is 13.6 Å². The molecule has 0 heterocycles. The predicted octanol–water partition coefficient (Wildman–Crippen LogP) is 3.01. The number of nitrogens with one attached hydrogen (secondary N) is 3. The Morgan fingerprint density at radius 3 is 2.30 bits per heavy atom. The Labute approximate surface area is 165 Å². The summed E-state index contributed by atoms with van der Waals surface area (Å²) < 4.78 is 27.1. The zero-order valence-corrected chi connectivity index (χ0v) is 18.2. The lowest BCUT2D eigenvalue weighted by Gasteiger charge is -2.15. The summed E-state index contributed by atoms with van der Waals surface area (Å²) in [7, 11) is -1.61. The van der Waals surface area contributed by atoms with Gasteiger partial charge in [0.05, 0.1) is 5.75 Å². The summed E-state index contributed by atoms with van der Waals surface area (Å²) in [5.41, 5.74) is 1.75. The number of benzene rings is 1. The molecule has 7 heteroatoms. The van der Waals surface area contributed by atoms with E-state index in [2.05, 4.69) is 34.2 Å². The molecule has 0 atom stereocenters. The highest BCUT2D eigenvalue weighted by Crippen LogP contribution is 2.12. The first kappa shape index (κ1) is 23.4. The van der Waals surface area contributed by atoms with E-state index in [-0.39, 0.29) is 11.8 Å². The van der Waals surface area contributed by atoms with Gasteiger partial charge in [0.25, 0.3) is 0 Å². The van der Waals surface area contributed by atoms with Gasteiger partial charge >= 0.3 is 0 Å². The minimum Gasteiger partial charge on any atom is -0.356 e. The molecular formula is C20H36N4O2S. The van der Waals surface area contributed by atoms with Crippen molar-refractivity contribution in [3.63, 3.8) is 0 Å². The number of aliphatic imine (C=N–C) groups is 1. The highest BCUT2D eigenvalue weighted by molar-refractivity contribution is 7.88. The number of rotatable bonds is 11. The van der Waals surface area contributed by atoms with E-state index in [1.807, 2.05) is 38.1 Å². The van der Waals surface area contributed by atoms with E-state index in [9.17, 15) is 8.42 Å². The Morgan fingerprint density at radius 2 is 1.70 bits per heavy atom. The molecule has 0 fully saturated rings. The zero-order valence-electron chi connectivity index (χ0n) is 17.4. The number of unbranched alkanes of at least 4 members (excludes halogenated alkanes) is 1. The summed E-state index contributed by atoms with van der Waals surface area (Å²) in [6.07, 6.45) is 3.54. The third-order valence-corrected chi connectivity index (χ3v) is 5.57. The minimum absolute atomic E-state index is 0.0235. The monoisotopic (exact) mass is 396 g/mol. The molecule has 27 heavy (non-hydrogen) atoms. The molecule has 0 aromatic heterocycles. The van der Waals surface area contributed by atoms with Crippen LogP contribution in [0.15, 0.2) is 29.3 Å². The molecule has 0 radical (unpaired) electrons. The molecule has 0 aliphatic heterocycles. The molecule has 1 rings (SSSR count). The summed E-state index contributed by atoms with van der Waals surface area (Å²) in [4.78, 5) is 4.24. The Bertz CT molecular complexity index is 685. The Balaban J connectivity index is 2.58. The van der Waals surface area contributed by atoms with Gasteiger partial charge in [0, 0.05) is 26.2 Å². The van der Waals surface area contributed by atoms with Crippen LogP contribution in [-0.4, -0.2) is 34.0 Å². The molecule has 3 N–H and O–H groups in total. The summed E-state index contributed by atoms with van der Waals surface area (Å²) >= 11 is 0. The van der Waals surface area contributed by atoms with Gasteiger partial charge < -0.3 is 10.6 Å². The van der Waals surface area contributed by atoms with Crippen LogP contribution in [0.2, 0.25) is 0 Å². The third kappa shape index (κ3) is 10.3. The number of hydrogen-bond acceptors (Lipinski definition) is 3. The maximum Gasteiger partial charge on any atom is 0.216 e. The highest BCUT2D eigenvalue weighted by Gasteiger charge is 2.15. The number of nitrogens with zero attached hydrogens (tertiary/aromatic N) is 1. The van der Waals surface area contributed by atoms with Gasteiger partial charge in [0.1, 0.15) is 0 Å². The molecule has 1 aromatic carbocycles. The Hall–Kier alpha value is -1.60. The predicted molar refractivity (Wildman–Crippen MR) is 114 cm³/mol. The quantitative estimate of drug-likeness (QED) is 0.305. The van der Waals surface area contributed by atoms with Crippen LogP contribution in [0.25, 0.3) is 0 Å². The van der Waals surface area contributed by atoms with Gasteiger partial charge in [0.2, 0.25) is 10.0 Å². The van der Waals surface area contributed by atoms with Gasteiger partial charge in [-0.3, -0.25) is 4.99 Å². The molecule has 6 nitrogen and oxygen atoms in total. The fourth-order valence-electron chi connectivity index (χ4n) is 2.76. The Kier molecular flexibility index (Phi) is 10.4. The van der Waals surface area contributed by atoms with E-state index >= 15 is 0 Å². The molecule has 0 aliphatic carbocycles. The normalized spacial score (nSPS) is 12.6. The molecular weight excluding hydrogens is 360 g/mol. The molecule has 0 saturated carbocycles. The maximum absolute atomic E-state index is 12.2. The average Bonchev–Trinajstić information content (AvgIpc) is 2.56. The van der Waals surface area contributed by atoms with Gasteiger partial charge in [-0.2, -0.15) is 0 Å². The van der Waals surface area contributed by atoms with E-state index in [0.717, 1.165) is 36.0 Å². The molecule has 0 unspecified atom stereocenters. The van der Waals surface area contributed by atoms with Crippen molar-refractivity contribution in [1.82, 2.24) is 15.4 Å². The lowest BCUT2D eigenvalue weighted by atomic mass is 10.1. The van der Waals surface area contributed by atoms with Crippen LogP contribution in [0, 0.1) is 5.92 Å². The maximum atomic E-state index is 12.2. The standard InChI is InChI=1S/C20H36N4O2S/c1-16(2)10-8-9-13-22-20(21-5)23-14-18-11-6-7-12-19(18)15-27(25,26)24-17(3)4/h6-7,11-12,16-17,24H,8-10,13-15H2,1-5H3,(H2,21,22,23). The van der Waals surface area contributed by atoms with Crippen molar-refractivity contribution >= 4 is 16.0 Å². The van der Waals surface area contributed by atoms with E-state index in [0.29, 0.717) is 6.54 Å². The lowest BCUT2D eigenvalue weighted by Crippen LogP contribution is -2.37. The van der Waals surface area contributed by atoms with Gasteiger partial charge in [-0.05, 0) is 37.3 Å². The van der Waals surface area contributed by atoms with E-state index < -0.39 is 10.0 Å². The van der Waals surface area contributed by atoms with Crippen molar-refractivity contribution < 1.29 is 8.42 Å². The summed E-state index contributed by atoms with van der Waals surface area (Å²) in [5.74, 6) is 1.45. The number of sulfonamides is 1. The molecule has 0 aliphatic rings. The van der Waals surface area contributed by atoms with Crippen LogP contribution in [0.5, 0.6) is 0 Å².